The average molecular weight is 416 g/mol. The van der Waals surface area contributed by atoms with Gasteiger partial charge in [-0.25, -0.2) is 9.59 Å². The summed E-state index contributed by atoms with van der Waals surface area (Å²) < 4.78 is 5.49. The molecule has 1 unspecified atom stereocenters. The Hall–Kier alpha value is -2.77. The first kappa shape index (κ1) is 24.3. The standard InChI is InChI=1S/C16H28N6O7/c1-8(23)12(15(26)27)20-16(28)19-10(5-6-11(24)25)14-22-21-13(29-14)9(18)4-2-3-7-17/h8-10,12,23H,2-7,17-18H2,1H3,(H,24,25)(H,26,27)(H2,19,20,28)/t8?,9-,10-,12-/m0/s1. The van der Waals surface area contributed by atoms with Crippen molar-refractivity contribution in [3.8, 4) is 0 Å². The molecule has 1 aromatic rings. The number of unbranched alkanes of at least 4 members (excludes halogenated alkanes) is 1. The van der Waals surface area contributed by atoms with Crippen molar-refractivity contribution in [1.29, 1.82) is 0 Å². The van der Waals surface area contributed by atoms with Crippen LogP contribution in [0.2, 0.25) is 0 Å². The van der Waals surface area contributed by atoms with E-state index >= 15 is 0 Å². The van der Waals surface area contributed by atoms with E-state index in [4.69, 9.17) is 26.1 Å². The molecule has 0 bridgehead atoms. The van der Waals surface area contributed by atoms with Gasteiger partial charge >= 0.3 is 18.0 Å². The lowest BCUT2D eigenvalue weighted by Crippen LogP contribution is -2.51. The zero-order valence-electron chi connectivity index (χ0n) is 16.1. The summed E-state index contributed by atoms with van der Waals surface area (Å²) in [5.41, 5.74) is 11.4. The van der Waals surface area contributed by atoms with Gasteiger partial charge in [-0.15, -0.1) is 10.2 Å². The largest absolute Gasteiger partial charge is 0.481 e. The Bertz CT molecular complexity index is 680. The first-order valence-electron chi connectivity index (χ1n) is 9.14. The van der Waals surface area contributed by atoms with Crippen molar-refractivity contribution in [3.63, 3.8) is 0 Å². The molecule has 0 aliphatic rings. The van der Waals surface area contributed by atoms with Crippen molar-refractivity contribution < 1.29 is 34.1 Å². The number of hydrogen-bond acceptors (Lipinski definition) is 9. The van der Waals surface area contributed by atoms with Crippen LogP contribution in [0.1, 0.15) is 62.9 Å². The highest BCUT2D eigenvalue weighted by Gasteiger charge is 2.28. The number of aromatic nitrogens is 2. The summed E-state index contributed by atoms with van der Waals surface area (Å²) in [6, 6.07) is -4.03. The van der Waals surface area contributed by atoms with Crippen molar-refractivity contribution in [3.05, 3.63) is 11.8 Å². The number of carboxylic acid groups (broad SMARTS) is 2. The fourth-order valence-electron chi connectivity index (χ4n) is 2.42. The molecule has 1 heterocycles. The number of carboxylic acids is 2. The number of nitrogens with zero attached hydrogens (tertiary/aromatic N) is 2. The number of carbonyl (C=O) groups excluding carboxylic acids is 1. The lowest BCUT2D eigenvalue weighted by molar-refractivity contribution is -0.141. The quantitative estimate of drug-likeness (QED) is 0.198. The minimum atomic E-state index is -1.55. The van der Waals surface area contributed by atoms with Gasteiger partial charge < -0.3 is 41.8 Å². The van der Waals surface area contributed by atoms with Gasteiger partial charge in [0.25, 0.3) is 0 Å². The monoisotopic (exact) mass is 416 g/mol. The summed E-state index contributed by atoms with van der Waals surface area (Å²) in [6.07, 6.45) is 0.349. The molecule has 4 atom stereocenters. The molecule has 0 radical (unpaired) electrons. The van der Waals surface area contributed by atoms with Crippen LogP contribution < -0.4 is 22.1 Å². The van der Waals surface area contributed by atoms with E-state index in [1.807, 2.05) is 0 Å². The Morgan fingerprint density at radius 2 is 1.76 bits per heavy atom. The number of rotatable bonds is 13. The molecule has 9 N–H and O–H groups in total. The molecule has 0 saturated carbocycles. The fourth-order valence-corrected chi connectivity index (χ4v) is 2.42. The number of carbonyl (C=O) groups is 3. The van der Waals surface area contributed by atoms with Gasteiger partial charge in [-0.3, -0.25) is 4.79 Å². The normalized spacial score (nSPS) is 15.2. The molecule has 0 fully saturated rings. The maximum absolute atomic E-state index is 12.1. The average Bonchev–Trinajstić information content (AvgIpc) is 3.12. The number of aliphatic hydroxyl groups excluding tert-OH is 1. The molecular formula is C16H28N6O7. The van der Waals surface area contributed by atoms with Crippen LogP contribution in [0.3, 0.4) is 0 Å². The zero-order valence-corrected chi connectivity index (χ0v) is 16.1. The summed E-state index contributed by atoms with van der Waals surface area (Å²) in [7, 11) is 0. The van der Waals surface area contributed by atoms with Crippen molar-refractivity contribution in [1.82, 2.24) is 20.8 Å². The number of aliphatic carboxylic acids is 2. The number of nitrogens with two attached hydrogens (primary N) is 2. The van der Waals surface area contributed by atoms with Crippen LogP contribution in [-0.4, -0.2) is 62.2 Å². The van der Waals surface area contributed by atoms with Gasteiger partial charge in [-0.2, -0.15) is 0 Å². The molecule has 29 heavy (non-hydrogen) atoms. The van der Waals surface area contributed by atoms with E-state index in [1.165, 1.54) is 6.92 Å². The SMILES string of the molecule is CC(O)[C@H](NC(=O)N[C@@H](CCC(=O)O)c1nnc([C@@H](N)CCCCN)o1)C(=O)O. The molecule has 0 saturated heterocycles. The Labute approximate surface area is 166 Å². The Kier molecular flexibility index (Phi) is 9.99. The fraction of sp³-hybridized carbons (Fsp3) is 0.688. The van der Waals surface area contributed by atoms with Gasteiger partial charge in [0.1, 0.15) is 6.04 Å². The maximum Gasteiger partial charge on any atom is 0.328 e. The molecule has 13 heteroatoms. The predicted molar refractivity (Wildman–Crippen MR) is 98.5 cm³/mol. The molecule has 13 nitrogen and oxygen atoms in total. The van der Waals surface area contributed by atoms with Crippen LogP contribution in [0, 0.1) is 0 Å². The van der Waals surface area contributed by atoms with E-state index in [0.717, 1.165) is 12.8 Å². The molecule has 0 aliphatic carbocycles. The zero-order chi connectivity index (χ0) is 22.0. The van der Waals surface area contributed by atoms with Crippen LogP contribution in [0.4, 0.5) is 4.79 Å². The number of hydrogen-bond donors (Lipinski definition) is 7. The first-order chi connectivity index (χ1) is 13.6. The number of amides is 2. The maximum atomic E-state index is 12.1. The lowest BCUT2D eigenvalue weighted by Gasteiger charge is -2.20. The van der Waals surface area contributed by atoms with Crippen molar-refractivity contribution in [2.75, 3.05) is 6.54 Å². The van der Waals surface area contributed by atoms with Crippen LogP contribution >= 0.6 is 0 Å². The van der Waals surface area contributed by atoms with E-state index in [0.29, 0.717) is 13.0 Å². The van der Waals surface area contributed by atoms with E-state index in [1.54, 1.807) is 0 Å². The molecule has 1 aromatic heterocycles. The second-order valence-electron chi connectivity index (χ2n) is 6.53. The molecule has 1 rings (SSSR count). The molecule has 0 aromatic carbocycles. The summed E-state index contributed by atoms with van der Waals surface area (Å²) in [6.45, 7) is 1.74. The third-order valence-electron chi connectivity index (χ3n) is 4.03. The molecule has 0 aliphatic heterocycles. The second kappa shape index (κ2) is 11.9. The summed E-state index contributed by atoms with van der Waals surface area (Å²) in [4.78, 5) is 34.1. The third-order valence-corrected chi connectivity index (χ3v) is 4.03. The minimum Gasteiger partial charge on any atom is -0.481 e. The van der Waals surface area contributed by atoms with Gasteiger partial charge in [-0.05, 0) is 32.7 Å². The first-order valence-corrected chi connectivity index (χ1v) is 9.14. The molecule has 0 spiro atoms. The highest BCUT2D eigenvalue weighted by atomic mass is 16.4. The van der Waals surface area contributed by atoms with Gasteiger partial charge in [0.2, 0.25) is 11.8 Å². The predicted octanol–water partition coefficient (Wildman–Crippen LogP) is -0.762. The third kappa shape index (κ3) is 8.41. The minimum absolute atomic E-state index is 0.0606. The van der Waals surface area contributed by atoms with E-state index < -0.39 is 42.2 Å². The van der Waals surface area contributed by atoms with E-state index in [-0.39, 0.29) is 24.6 Å². The highest BCUT2D eigenvalue weighted by Crippen LogP contribution is 2.21. The van der Waals surface area contributed by atoms with Gasteiger partial charge in [0.15, 0.2) is 6.04 Å². The molecular weight excluding hydrogens is 388 g/mol. The van der Waals surface area contributed by atoms with Gasteiger partial charge in [0.05, 0.1) is 12.1 Å². The Morgan fingerprint density at radius 1 is 1.10 bits per heavy atom. The van der Waals surface area contributed by atoms with Gasteiger partial charge in [-0.1, -0.05) is 6.42 Å². The van der Waals surface area contributed by atoms with E-state index in [9.17, 15) is 19.5 Å². The summed E-state index contributed by atoms with van der Waals surface area (Å²) >= 11 is 0. The number of nitrogens with one attached hydrogen (secondary N) is 2. The summed E-state index contributed by atoms with van der Waals surface area (Å²) in [5.74, 6) is -2.47. The number of urea groups is 1. The van der Waals surface area contributed by atoms with Crippen LogP contribution in [-0.2, 0) is 9.59 Å². The molecule has 2 amide bonds. The van der Waals surface area contributed by atoms with Crippen LogP contribution in [0.5, 0.6) is 0 Å². The van der Waals surface area contributed by atoms with Crippen molar-refractivity contribution in [2.45, 2.75) is 63.3 Å². The van der Waals surface area contributed by atoms with Crippen molar-refractivity contribution in [2.24, 2.45) is 11.5 Å². The van der Waals surface area contributed by atoms with E-state index in [2.05, 4.69) is 20.8 Å². The highest BCUT2D eigenvalue weighted by molar-refractivity contribution is 5.83. The number of aliphatic hydroxyl groups is 1. The van der Waals surface area contributed by atoms with Crippen LogP contribution in [0.25, 0.3) is 0 Å². The smallest absolute Gasteiger partial charge is 0.328 e. The second-order valence-corrected chi connectivity index (χ2v) is 6.53. The van der Waals surface area contributed by atoms with Crippen molar-refractivity contribution >= 4 is 18.0 Å². The topological polar surface area (TPSA) is 227 Å². The molecule has 164 valence electrons. The Morgan fingerprint density at radius 3 is 2.31 bits per heavy atom. The van der Waals surface area contributed by atoms with Crippen LogP contribution in [0.15, 0.2) is 4.42 Å². The Balaban J connectivity index is 2.86. The lowest BCUT2D eigenvalue weighted by atomic mass is 10.1. The van der Waals surface area contributed by atoms with Gasteiger partial charge in [0, 0.05) is 6.42 Å². The summed E-state index contributed by atoms with van der Waals surface area (Å²) in [5, 5.41) is 39.5.